The van der Waals surface area contributed by atoms with Gasteiger partial charge >= 0.3 is 5.97 Å². The minimum absolute atomic E-state index is 0.190. The number of nitrogens with one attached hydrogen (secondary N) is 1. The Morgan fingerprint density at radius 3 is 2.20 bits per heavy atom. The van der Waals surface area contributed by atoms with Gasteiger partial charge in [0.05, 0.1) is 0 Å². The summed E-state index contributed by atoms with van der Waals surface area (Å²) >= 11 is 3.65. The number of rotatable bonds is 2. The van der Waals surface area contributed by atoms with Gasteiger partial charge < -0.3 is 16.2 Å². The van der Waals surface area contributed by atoms with Gasteiger partial charge in [0, 0.05) is 18.8 Å². The topological polar surface area (TPSA) is 85.3 Å². The van der Waals surface area contributed by atoms with Gasteiger partial charge in [-0.15, -0.1) is 0 Å². The van der Waals surface area contributed by atoms with Crippen molar-refractivity contribution in [3.63, 3.8) is 0 Å². The van der Waals surface area contributed by atoms with Crippen LogP contribution in [0.1, 0.15) is 0 Å². The molecule has 1 aliphatic rings. The van der Waals surface area contributed by atoms with Crippen LogP contribution in [0.2, 0.25) is 0 Å². The van der Waals surface area contributed by atoms with Gasteiger partial charge in [0.1, 0.15) is 6.04 Å². The van der Waals surface area contributed by atoms with Gasteiger partial charge in [-0.25, -0.2) is 0 Å². The van der Waals surface area contributed by atoms with Crippen molar-refractivity contribution in [3.8, 4) is 0 Å². The van der Waals surface area contributed by atoms with Crippen molar-refractivity contribution in [1.82, 2.24) is 5.32 Å². The van der Waals surface area contributed by atoms with E-state index in [1.807, 2.05) is 0 Å². The molecule has 1 unspecified atom stereocenters. The van der Waals surface area contributed by atoms with Gasteiger partial charge in [-0.2, -0.15) is 12.6 Å². The number of hydrogen-bond donors (Lipinski definition) is 4. The molecular formula is C5H12N2O2S. The Balaban J connectivity index is 0.000000219. The number of carboxylic acid groups (broad SMARTS) is 1. The fraction of sp³-hybridized carbons (Fsp3) is 0.800. The monoisotopic (exact) mass is 164 g/mol. The highest BCUT2D eigenvalue weighted by Crippen LogP contribution is 1.80. The summed E-state index contributed by atoms with van der Waals surface area (Å²) in [5.41, 5.74) is 4.94. The summed E-state index contributed by atoms with van der Waals surface area (Å²) in [5, 5.41) is 11.0. The van der Waals surface area contributed by atoms with Crippen molar-refractivity contribution in [2.24, 2.45) is 5.73 Å². The highest BCUT2D eigenvalue weighted by Gasteiger charge is 2.06. The normalized spacial score (nSPS) is 16.6. The second kappa shape index (κ2) is 5.52. The first-order valence-corrected chi connectivity index (χ1v) is 3.61. The Bertz CT molecular complexity index is 105. The van der Waals surface area contributed by atoms with E-state index in [1.165, 1.54) is 13.1 Å². The van der Waals surface area contributed by atoms with E-state index in [0.29, 0.717) is 0 Å². The summed E-state index contributed by atoms with van der Waals surface area (Å²) in [6, 6.07) is -0.816. The van der Waals surface area contributed by atoms with Crippen LogP contribution in [0.25, 0.3) is 0 Å². The molecule has 4 N–H and O–H groups in total. The first kappa shape index (κ1) is 9.74. The molecule has 0 aromatic rings. The van der Waals surface area contributed by atoms with Crippen molar-refractivity contribution in [2.75, 3.05) is 18.8 Å². The zero-order valence-corrected chi connectivity index (χ0v) is 6.47. The SMILES string of the molecule is C1CN1.NC(CS)C(=O)O. The van der Waals surface area contributed by atoms with Crippen LogP contribution >= 0.6 is 12.6 Å². The Morgan fingerprint density at radius 2 is 2.20 bits per heavy atom. The van der Waals surface area contributed by atoms with Crippen LogP contribution in [0.4, 0.5) is 0 Å². The number of carbonyl (C=O) groups is 1. The lowest BCUT2D eigenvalue weighted by Gasteiger charge is -1.96. The van der Waals surface area contributed by atoms with Crippen LogP contribution in [-0.2, 0) is 4.79 Å². The average molecular weight is 164 g/mol. The van der Waals surface area contributed by atoms with Crippen molar-refractivity contribution < 1.29 is 9.90 Å². The quantitative estimate of drug-likeness (QED) is 0.309. The van der Waals surface area contributed by atoms with Crippen molar-refractivity contribution in [1.29, 1.82) is 0 Å². The number of carboxylic acids is 1. The molecule has 0 bridgehead atoms. The Morgan fingerprint density at radius 1 is 1.80 bits per heavy atom. The molecule has 0 aliphatic carbocycles. The van der Waals surface area contributed by atoms with Crippen LogP contribution in [0.5, 0.6) is 0 Å². The molecule has 1 saturated heterocycles. The molecule has 5 heteroatoms. The molecule has 1 rings (SSSR count). The Hall–Kier alpha value is -0.260. The van der Waals surface area contributed by atoms with Gasteiger partial charge in [0.15, 0.2) is 0 Å². The molecule has 0 aromatic carbocycles. The van der Waals surface area contributed by atoms with Gasteiger partial charge in [-0.1, -0.05) is 0 Å². The molecule has 4 nitrogen and oxygen atoms in total. The van der Waals surface area contributed by atoms with E-state index in [-0.39, 0.29) is 5.75 Å². The largest absolute Gasteiger partial charge is 0.480 e. The summed E-state index contributed by atoms with van der Waals surface area (Å²) in [5.74, 6) is -0.815. The maximum absolute atomic E-state index is 9.76. The molecule has 10 heavy (non-hydrogen) atoms. The predicted octanol–water partition coefficient (Wildman–Crippen LogP) is -1.08. The van der Waals surface area contributed by atoms with Crippen LogP contribution in [0.15, 0.2) is 0 Å². The highest BCUT2D eigenvalue weighted by molar-refractivity contribution is 7.80. The van der Waals surface area contributed by atoms with Crippen molar-refractivity contribution in [3.05, 3.63) is 0 Å². The van der Waals surface area contributed by atoms with E-state index in [9.17, 15) is 4.79 Å². The smallest absolute Gasteiger partial charge is 0.321 e. The average Bonchev–Trinajstić information content (AvgIpc) is 2.70. The molecule has 1 aliphatic heterocycles. The molecule has 1 heterocycles. The maximum atomic E-state index is 9.76. The second-order valence-electron chi connectivity index (χ2n) is 1.88. The summed E-state index contributed by atoms with van der Waals surface area (Å²) in [6.07, 6.45) is 0. The summed E-state index contributed by atoms with van der Waals surface area (Å²) in [4.78, 5) is 9.76. The van der Waals surface area contributed by atoms with Crippen LogP contribution in [0.3, 0.4) is 0 Å². The summed E-state index contributed by atoms with van der Waals surface area (Å²) < 4.78 is 0. The standard InChI is InChI=1S/C3H7NO2S.C2H5N/c4-2(1-7)3(5)6;1-2-3-1/h2,7H,1,4H2,(H,5,6);3H,1-2H2. The predicted molar refractivity (Wildman–Crippen MR) is 42.3 cm³/mol. The molecule has 0 spiro atoms. The lowest BCUT2D eigenvalue weighted by atomic mass is 10.4. The molecule has 0 saturated carbocycles. The summed E-state index contributed by atoms with van der Waals surface area (Å²) in [7, 11) is 0. The molecule has 0 amide bonds. The van der Waals surface area contributed by atoms with Crippen molar-refractivity contribution in [2.45, 2.75) is 6.04 Å². The molecule has 1 fully saturated rings. The minimum atomic E-state index is -1.00. The molecule has 0 aromatic heterocycles. The third-order valence-electron chi connectivity index (χ3n) is 0.764. The van der Waals surface area contributed by atoms with E-state index in [0.717, 1.165) is 0 Å². The lowest BCUT2D eigenvalue weighted by Crippen LogP contribution is -2.31. The zero-order valence-electron chi connectivity index (χ0n) is 5.58. The van der Waals surface area contributed by atoms with Gasteiger partial charge in [0.25, 0.3) is 0 Å². The fourth-order valence-corrected chi connectivity index (χ4v) is 0.234. The zero-order chi connectivity index (χ0) is 7.98. The highest BCUT2D eigenvalue weighted by atomic mass is 32.1. The van der Waals surface area contributed by atoms with E-state index in [2.05, 4.69) is 17.9 Å². The van der Waals surface area contributed by atoms with E-state index < -0.39 is 12.0 Å². The number of nitrogens with two attached hydrogens (primary N) is 1. The number of aliphatic carboxylic acids is 1. The fourth-order valence-electron chi connectivity index (χ4n) is 0.0781. The first-order chi connectivity index (χ1) is 4.68. The maximum Gasteiger partial charge on any atom is 0.321 e. The molecule has 60 valence electrons. The van der Waals surface area contributed by atoms with Crippen molar-refractivity contribution >= 4 is 18.6 Å². The Kier molecular flexibility index (Phi) is 5.38. The number of thiol groups is 1. The minimum Gasteiger partial charge on any atom is -0.480 e. The number of hydrogen-bond acceptors (Lipinski definition) is 4. The van der Waals surface area contributed by atoms with Gasteiger partial charge in [-0.05, 0) is 0 Å². The molecule has 0 radical (unpaired) electrons. The molecule has 1 atom stereocenters. The Labute approximate surface area is 65.2 Å². The third kappa shape index (κ3) is 7.74. The first-order valence-electron chi connectivity index (χ1n) is 2.98. The van der Waals surface area contributed by atoms with Crippen LogP contribution < -0.4 is 11.1 Å². The van der Waals surface area contributed by atoms with Gasteiger partial charge in [0.2, 0.25) is 0 Å². The van der Waals surface area contributed by atoms with E-state index in [4.69, 9.17) is 10.8 Å². The van der Waals surface area contributed by atoms with Crippen LogP contribution in [0, 0.1) is 0 Å². The van der Waals surface area contributed by atoms with E-state index >= 15 is 0 Å². The second-order valence-corrected chi connectivity index (χ2v) is 2.24. The summed E-state index contributed by atoms with van der Waals surface area (Å²) in [6.45, 7) is 2.50. The molecular weight excluding hydrogens is 152 g/mol. The third-order valence-corrected chi connectivity index (χ3v) is 1.16. The lowest BCUT2D eigenvalue weighted by molar-refractivity contribution is -0.137. The van der Waals surface area contributed by atoms with E-state index in [1.54, 1.807) is 0 Å². The van der Waals surface area contributed by atoms with Gasteiger partial charge in [-0.3, -0.25) is 4.79 Å². The van der Waals surface area contributed by atoms with Crippen LogP contribution in [-0.4, -0.2) is 36.0 Å².